The molecule has 0 bridgehead atoms. The van der Waals surface area contributed by atoms with E-state index < -0.39 is 5.60 Å². The van der Waals surface area contributed by atoms with E-state index in [9.17, 15) is 10.2 Å². The second-order valence-corrected chi connectivity index (χ2v) is 11.1. The summed E-state index contributed by atoms with van der Waals surface area (Å²) in [5.74, 6) is 0.946. The lowest BCUT2D eigenvalue weighted by atomic mass is 9.62. The van der Waals surface area contributed by atoms with Crippen molar-refractivity contribution in [3.8, 4) is 0 Å². The summed E-state index contributed by atoms with van der Waals surface area (Å²) < 4.78 is 0. The molecule has 3 aliphatic carbocycles. The van der Waals surface area contributed by atoms with Crippen molar-refractivity contribution in [2.24, 2.45) is 17.3 Å². The Kier molecular flexibility index (Phi) is 8.34. The van der Waals surface area contributed by atoms with Crippen molar-refractivity contribution in [1.82, 2.24) is 0 Å². The Balaban J connectivity index is 1.73. The van der Waals surface area contributed by atoms with Crippen molar-refractivity contribution in [1.29, 1.82) is 0 Å². The first-order valence-corrected chi connectivity index (χ1v) is 13.1. The van der Waals surface area contributed by atoms with Gasteiger partial charge in [0.05, 0.1) is 17.1 Å². The number of alkyl halides is 1. The third kappa shape index (κ3) is 5.34. The number of rotatable bonds is 7. The lowest BCUT2D eigenvalue weighted by Gasteiger charge is -2.42. The molecule has 0 radical (unpaired) electrons. The standard InChI is InChI=1S/C29H43ClO2/c1-6-29(32,7-2)17-8-10-20(3)25-14-15-26-22(11-9-16-28(25,26)5)12-13-23-18-24(31)19-27(30)21(23)4/h8,10,12-14,20,24,26-27,31-32H,4,6-7,9,11,15-19H2,1-3,5H3/b10-8+,22-12-,23-13+. The van der Waals surface area contributed by atoms with Crippen LogP contribution in [0.4, 0.5) is 0 Å². The van der Waals surface area contributed by atoms with Crippen molar-refractivity contribution < 1.29 is 10.2 Å². The Morgan fingerprint density at radius 1 is 1.31 bits per heavy atom. The SMILES string of the molecule is C=C1/C(=C/C=C2/CCCC3(C)C(C(C)/C=C/CC(O)(CC)CC)=CCC23)CC(O)CC1Cl. The van der Waals surface area contributed by atoms with Crippen molar-refractivity contribution in [2.75, 3.05) is 0 Å². The fourth-order valence-corrected chi connectivity index (χ4v) is 6.47. The lowest BCUT2D eigenvalue weighted by molar-refractivity contribution is 0.0352. The van der Waals surface area contributed by atoms with Crippen molar-refractivity contribution in [3.63, 3.8) is 0 Å². The van der Waals surface area contributed by atoms with Gasteiger partial charge in [-0.3, -0.25) is 0 Å². The van der Waals surface area contributed by atoms with Crippen LogP contribution in [-0.4, -0.2) is 27.3 Å². The number of aliphatic hydroxyl groups excluding tert-OH is 1. The van der Waals surface area contributed by atoms with Crippen LogP contribution < -0.4 is 0 Å². The van der Waals surface area contributed by atoms with Gasteiger partial charge in [0, 0.05) is 0 Å². The van der Waals surface area contributed by atoms with Crippen LogP contribution in [-0.2, 0) is 0 Å². The van der Waals surface area contributed by atoms with Gasteiger partial charge in [-0.25, -0.2) is 0 Å². The molecular formula is C29H43ClO2. The van der Waals surface area contributed by atoms with E-state index in [2.05, 4.69) is 64.7 Å². The number of hydrogen-bond acceptors (Lipinski definition) is 2. The van der Waals surface area contributed by atoms with E-state index in [-0.39, 0.29) is 16.9 Å². The monoisotopic (exact) mass is 458 g/mol. The van der Waals surface area contributed by atoms with Crippen LogP contribution in [0.1, 0.15) is 85.5 Å². The molecule has 2 saturated carbocycles. The Morgan fingerprint density at radius 3 is 2.72 bits per heavy atom. The summed E-state index contributed by atoms with van der Waals surface area (Å²) >= 11 is 6.38. The average molecular weight is 459 g/mol. The highest BCUT2D eigenvalue weighted by Crippen LogP contribution is 2.56. The smallest absolute Gasteiger partial charge is 0.0676 e. The molecule has 0 saturated heterocycles. The average Bonchev–Trinajstić information content (AvgIpc) is 3.12. The van der Waals surface area contributed by atoms with Crippen molar-refractivity contribution >= 4 is 11.6 Å². The molecule has 5 atom stereocenters. The van der Waals surface area contributed by atoms with Crippen LogP contribution in [0.5, 0.6) is 0 Å². The molecule has 0 aromatic carbocycles. The molecule has 178 valence electrons. The molecule has 5 unspecified atom stereocenters. The van der Waals surface area contributed by atoms with E-state index in [1.165, 1.54) is 18.4 Å². The van der Waals surface area contributed by atoms with Gasteiger partial charge in [-0.15, -0.1) is 11.6 Å². The van der Waals surface area contributed by atoms with Crippen molar-refractivity contribution in [3.05, 3.63) is 59.3 Å². The first kappa shape index (κ1) is 25.5. The summed E-state index contributed by atoms with van der Waals surface area (Å²) in [6.07, 6.45) is 19.4. The molecule has 2 nitrogen and oxygen atoms in total. The highest BCUT2D eigenvalue weighted by atomic mass is 35.5. The maximum Gasteiger partial charge on any atom is 0.0676 e. The second-order valence-electron chi connectivity index (χ2n) is 10.6. The highest BCUT2D eigenvalue weighted by molar-refractivity contribution is 6.22. The van der Waals surface area contributed by atoms with Gasteiger partial charge in [-0.05, 0) is 86.2 Å². The van der Waals surface area contributed by atoms with Crippen molar-refractivity contribution in [2.45, 2.75) is 103 Å². The highest BCUT2D eigenvalue weighted by Gasteiger charge is 2.45. The summed E-state index contributed by atoms with van der Waals surface area (Å²) in [4.78, 5) is 0. The molecule has 0 aliphatic heterocycles. The maximum atomic E-state index is 10.6. The van der Waals surface area contributed by atoms with E-state index in [1.807, 2.05) is 0 Å². The largest absolute Gasteiger partial charge is 0.393 e. The number of halogens is 1. The quantitative estimate of drug-likeness (QED) is 0.307. The molecule has 2 fully saturated rings. The zero-order chi connectivity index (χ0) is 23.5. The normalized spacial score (nSPS) is 34.9. The Hall–Kier alpha value is -1.09. The number of aliphatic hydroxyl groups is 2. The molecule has 0 spiro atoms. The fraction of sp³-hybridized carbons (Fsp3) is 0.655. The molecule has 3 heteroatoms. The van der Waals surface area contributed by atoms with Gasteiger partial charge in [0.2, 0.25) is 0 Å². The summed E-state index contributed by atoms with van der Waals surface area (Å²) in [7, 11) is 0. The molecule has 0 amide bonds. The Labute approximate surface area is 200 Å². The predicted molar refractivity (Wildman–Crippen MR) is 137 cm³/mol. The van der Waals surface area contributed by atoms with Crippen LogP contribution in [0.25, 0.3) is 0 Å². The second kappa shape index (κ2) is 10.5. The van der Waals surface area contributed by atoms with Gasteiger partial charge in [0.25, 0.3) is 0 Å². The molecule has 32 heavy (non-hydrogen) atoms. The first-order chi connectivity index (χ1) is 15.1. The fourth-order valence-electron chi connectivity index (χ4n) is 6.13. The summed E-state index contributed by atoms with van der Waals surface area (Å²) in [6.45, 7) is 13.1. The maximum absolute atomic E-state index is 10.6. The van der Waals surface area contributed by atoms with Gasteiger partial charge < -0.3 is 10.2 Å². The number of fused-ring (bicyclic) bond motifs is 1. The summed E-state index contributed by atoms with van der Waals surface area (Å²) in [5, 5.41) is 20.6. The summed E-state index contributed by atoms with van der Waals surface area (Å²) in [5.41, 5.74) is 4.79. The van der Waals surface area contributed by atoms with Crippen LogP contribution in [0.2, 0.25) is 0 Å². The van der Waals surface area contributed by atoms with Gasteiger partial charge in [0.1, 0.15) is 0 Å². The lowest BCUT2D eigenvalue weighted by Crippen LogP contribution is -2.32. The third-order valence-corrected chi connectivity index (χ3v) is 9.01. The minimum atomic E-state index is -0.570. The van der Waals surface area contributed by atoms with Crippen LogP contribution in [0, 0.1) is 17.3 Å². The minimum absolute atomic E-state index is 0.162. The Bertz CT molecular complexity index is 813. The minimum Gasteiger partial charge on any atom is -0.393 e. The van der Waals surface area contributed by atoms with Gasteiger partial charge >= 0.3 is 0 Å². The predicted octanol–water partition coefficient (Wildman–Crippen LogP) is 7.43. The number of hydrogen-bond donors (Lipinski definition) is 2. The van der Waals surface area contributed by atoms with E-state index >= 15 is 0 Å². The molecule has 3 rings (SSSR count). The zero-order valence-corrected chi connectivity index (χ0v) is 21.3. The van der Waals surface area contributed by atoms with Crippen LogP contribution >= 0.6 is 11.6 Å². The molecule has 3 aliphatic rings. The van der Waals surface area contributed by atoms with E-state index in [1.54, 1.807) is 5.57 Å². The first-order valence-electron chi connectivity index (χ1n) is 12.6. The third-order valence-electron chi connectivity index (χ3n) is 8.56. The molecular weight excluding hydrogens is 416 g/mol. The number of allylic oxidation sites excluding steroid dienone is 7. The zero-order valence-electron chi connectivity index (χ0n) is 20.5. The Morgan fingerprint density at radius 2 is 2.03 bits per heavy atom. The van der Waals surface area contributed by atoms with E-state index in [4.69, 9.17) is 11.6 Å². The molecule has 2 N–H and O–H groups in total. The topological polar surface area (TPSA) is 40.5 Å². The molecule has 0 heterocycles. The van der Waals surface area contributed by atoms with E-state index in [0.717, 1.165) is 43.3 Å². The molecule has 0 aromatic heterocycles. The van der Waals surface area contributed by atoms with Gasteiger partial charge in [-0.1, -0.05) is 75.8 Å². The van der Waals surface area contributed by atoms with Crippen LogP contribution in [0.15, 0.2) is 59.3 Å². The van der Waals surface area contributed by atoms with Gasteiger partial charge in [-0.2, -0.15) is 0 Å². The summed E-state index contributed by atoms with van der Waals surface area (Å²) in [6, 6.07) is 0. The van der Waals surface area contributed by atoms with Crippen LogP contribution in [0.3, 0.4) is 0 Å². The molecule has 0 aromatic rings. The van der Waals surface area contributed by atoms with E-state index in [0.29, 0.717) is 24.7 Å². The van der Waals surface area contributed by atoms with Gasteiger partial charge in [0.15, 0.2) is 0 Å².